The molecule has 7 nitrogen and oxygen atoms in total. The van der Waals surface area contributed by atoms with Gasteiger partial charge in [-0.3, -0.25) is 4.98 Å². The van der Waals surface area contributed by atoms with Crippen molar-refractivity contribution in [3.05, 3.63) is 53.5 Å². The minimum Gasteiger partial charge on any atom is -0.354 e. The highest BCUT2D eigenvalue weighted by molar-refractivity contribution is 5.54. The van der Waals surface area contributed by atoms with Crippen LogP contribution in [0.4, 0.5) is 47.0 Å². The van der Waals surface area contributed by atoms with Crippen molar-refractivity contribution in [2.75, 3.05) is 17.2 Å². The van der Waals surface area contributed by atoms with Crippen LogP contribution in [0.15, 0.2) is 36.5 Å². The van der Waals surface area contributed by atoms with Gasteiger partial charge in [0.05, 0.1) is 6.42 Å². The van der Waals surface area contributed by atoms with Crippen molar-refractivity contribution in [2.45, 2.75) is 38.2 Å². The number of aromatic nitrogens is 5. The van der Waals surface area contributed by atoms with Gasteiger partial charge in [-0.15, -0.1) is 0 Å². The Hall–Kier alpha value is -3.65. The maximum atomic E-state index is 13.7. The molecule has 2 N–H and O–H groups in total. The quantitative estimate of drug-likeness (QED) is 0.393. The van der Waals surface area contributed by atoms with Crippen molar-refractivity contribution in [1.82, 2.24) is 24.9 Å². The molecular formula is C20H17F8N7. The highest BCUT2D eigenvalue weighted by Gasteiger charge is 2.32. The van der Waals surface area contributed by atoms with Crippen molar-refractivity contribution < 1.29 is 35.1 Å². The highest BCUT2D eigenvalue weighted by atomic mass is 19.4. The van der Waals surface area contributed by atoms with Crippen LogP contribution in [-0.2, 0) is 18.6 Å². The summed E-state index contributed by atoms with van der Waals surface area (Å²) >= 11 is 0. The lowest BCUT2D eigenvalue weighted by Crippen LogP contribution is -2.17. The molecule has 0 saturated carbocycles. The molecule has 0 spiro atoms. The van der Waals surface area contributed by atoms with Gasteiger partial charge in [0.2, 0.25) is 11.9 Å². The van der Waals surface area contributed by atoms with E-state index in [1.165, 1.54) is 18.2 Å². The first-order chi connectivity index (χ1) is 16.2. The average molecular weight is 507 g/mol. The van der Waals surface area contributed by atoms with Crippen molar-refractivity contribution in [2.24, 2.45) is 0 Å². The number of nitrogens with zero attached hydrogens (tertiary/aromatic N) is 5. The Bertz CT molecular complexity index is 1160. The molecule has 188 valence electrons. The first-order valence-electron chi connectivity index (χ1n) is 9.89. The summed E-state index contributed by atoms with van der Waals surface area (Å²) in [6, 6.07) is 5.77. The van der Waals surface area contributed by atoms with Gasteiger partial charge in [0.1, 0.15) is 17.1 Å². The van der Waals surface area contributed by atoms with Crippen molar-refractivity contribution in [3.63, 3.8) is 0 Å². The zero-order valence-corrected chi connectivity index (χ0v) is 17.8. The minimum absolute atomic E-state index is 0.114. The van der Waals surface area contributed by atoms with Gasteiger partial charge in [-0.2, -0.15) is 50.1 Å². The van der Waals surface area contributed by atoms with E-state index in [2.05, 4.69) is 35.6 Å². The van der Waals surface area contributed by atoms with Crippen molar-refractivity contribution in [1.29, 1.82) is 0 Å². The molecule has 0 aliphatic heterocycles. The second-order valence-corrected chi connectivity index (χ2v) is 7.30. The van der Waals surface area contributed by atoms with Crippen LogP contribution in [0.5, 0.6) is 0 Å². The van der Waals surface area contributed by atoms with Gasteiger partial charge in [0.15, 0.2) is 5.82 Å². The number of halogens is 8. The predicted octanol–water partition coefficient (Wildman–Crippen LogP) is 5.44. The summed E-state index contributed by atoms with van der Waals surface area (Å²) in [5.74, 6) is -4.07. The Balaban J connectivity index is 1.90. The number of alkyl halides is 8. The molecule has 0 fully saturated rings. The third kappa shape index (κ3) is 7.68. The number of nitrogens with one attached hydrogen (secondary N) is 2. The standard InChI is InChI=1S/C20H17F8N7/c1-18(21,22)13-4-2-3-12(32-13)15-33-16(30-8-6-19(23,24)25)35-17(34-15)31-10-11-5-7-29-14(9-11)20(26,27)28/h2-5,7,9H,6,8,10H2,1H3,(H2,30,31,33,34,35). The molecule has 3 rings (SSSR count). The maximum Gasteiger partial charge on any atom is 0.433 e. The fourth-order valence-corrected chi connectivity index (χ4v) is 2.69. The zero-order valence-electron chi connectivity index (χ0n) is 17.8. The van der Waals surface area contributed by atoms with Crippen LogP contribution < -0.4 is 10.6 Å². The fourth-order valence-electron chi connectivity index (χ4n) is 2.69. The number of pyridine rings is 2. The molecule has 35 heavy (non-hydrogen) atoms. The third-order valence-electron chi connectivity index (χ3n) is 4.32. The molecule has 0 bridgehead atoms. The summed E-state index contributed by atoms with van der Waals surface area (Å²) in [6.45, 7) is -0.169. The van der Waals surface area contributed by atoms with Gasteiger partial charge in [-0.1, -0.05) is 6.07 Å². The van der Waals surface area contributed by atoms with Gasteiger partial charge in [0.25, 0.3) is 5.92 Å². The van der Waals surface area contributed by atoms with Crippen molar-refractivity contribution in [3.8, 4) is 11.5 Å². The smallest absolute Gasteiger partial charge is 0.354 e. The van der Waals surface area contributed by atoms with E-state index < -0.39 is 42.6 Å². The Morgan fingerprint density at radius 2 is 1.49 bits per heavy atom. The molecule has 0 aromatic carbocycles. The molecule has 0 atom stereocenters. The second kappa shape index (κ2) is 9.92. The molecule has 0 aliphatic rings. The molecule has 0 amide bonds. The summed E-state index contributed by atoms with van der Waals surface area (Å²) in [6.07, 6.45) is -9.36. The first kappa shape index (κ1) is 26.0. The van der Waals surface area contributed by atoms with Crippen LogP contribution in [-0.4, -0.2) is 37.6 Å². The van der Waals surface area contributed by atoms with Crippen LogP contribution in [0, 0.1) is 0 Å². The lowest BCUT2D eigenvalue weighted by molar-refractivity contribution is -0.141. The molecule has 0 unspecified atom stereocenters. The van der Waals surface area contributed by atoms with E-state index in [-0.39, 0.29) is 35.5 Å². The average Bonchev–Trinajstić information content (AvgIpc) is 2.76. The highest BCUT2D eigenvalue weighted by Crippen LogP contribution is 2.29. The molecular weight excluding hydrogens is 490 g/mol. The predicted molar refractivity (Wildman–Crippen MR) is 108 cm³/mol. The first-order valence-corrected chi connectivity index (χ1v) is 9.89. The minimum atomic E-state index is -4.66. The summed E-state index contributed by atoms with van der Waals surface area (Å²) in [4.78, 5) is 18.9. The van der Waals surface area contributed by atoms with E-state index >= 15 is 0 Å². The van der Waals surface area contributed by atoms with E-state index in [1.54, 1.807) is 0 Å². The topological polar surface area (TPSA) is 88.5 Å². The summed E-state index contributed by atoms with van der Waals surface area (Å²) in [5, 5.41) is 5.01. The third-order valence-corrected chi connectivity index (χ3v) is 4.32. The largest absolute Gasteiger partial charge is 0.433 e. The molecule has 0 aliphatic carbocycles. The lowest BCUT2D eigenvalue weighted by Gasteiger charge is -2.13. The summed E-state index contributed by atoms with van der Waals surface area (Å²) in [5.41, 5.74) is -1.67. The van der Waals surface area contributed by atoms with Gasteiger partial charge in [0, 0.05) is 26.2 Å². The number of hydrogen-bond acceptors (Lipinski definition) is 7. The Morgan fingerprint density at radius 3 is 2.11 bits per heavy atom. The van der Waals surface area contributed by atoms with Crippen molar-refractivity contribution >= 4 is 11.9 Å². The van der Waals surface area contributed by atoms with Crippen LogP contribution in [0.3, 0.4) is 0 Å². The van der Waals surface area contributed by atoms with Crippen LogP contribution in [0.1, 0.15) is 30.3 Å². The van der Waals surface area contributed by atoms with E-state index in [4.69, 9.17) is 0 Å². The molecule has 3 aromatic rings. The lowest BCUT2D eigenvalue weighted by atomic mass is 10.2. The van der Waals surface area contributed by atoms with E-state index in [1.807, 2.05) is 0 Å². The Morgan fingerprint density at radius 1 is 0.800 bits per heavy atom. The number of anilines is 2. The van der Waals surface area contributed by atoms with Crippen LogP contribution >= 0.6 is 0 Å². The number of rotatable bonds is 8. The normalized spacial score (nSPS) is 12.5. The SMILES string of the molecule is CC(F)(F)c1cccc(-c2nc(NCCC(F)(F)F)nc(NCc3ccnc(C(F)(F)F)c3)n2)n1. The number of hydrogen-bond donors (Lipinski definition) is 2. The van der Waals surface area contributed by atoms with Gasteiger partial charge in [-0.05, 0) is 29.8 Å². The van der Waals surface area contributed by atoms with E-state index in [0.717, 1.165) is 18.3 Å². The van der Waals surface area contributed by atoms with E-state index in [9.17, 15) is 35.1 Å². The van der Waals surface area contributed by atoms with Gasteiger partial charge < -0.3 is 10.6 Å². The van der Waals surface area contributed by atoms with Gasteiger partial charge >= 0.3 is 12.4 Å². The molecule has 0 radical (unpaired) electrons. The zero-order chi connectivity index (χ0) is 25.9. The fraction of sp³-hybridized carbons (Fsp3) is 0.350. The van der Waals surface area contributed by atoms with E-state index in [0.29, 0.717) is 6.92 Å². The Kier molecular flexibility index (Phi) is 7.36. The molecule has 3 heterocycles. The second-order valence-electron chi connectivity index (χ2n) is 7.30. The molecule has 15 heteroatoms. The van der Waals surface area contributed by atoms with Gasteiger partial charge in [-0.25, -0.2) is 4.98 Å². The molecule has 3 aromatic heterocycles. The molecule has 0 saturated heterocycles. The monoisotopic (exact) mass is 507 g/mol. The maximum absolute atomic E-state index is 13.7. The van der Waals surface area contributed by atoms with Crippen LogP contribution in [0.25, 0.3) is 11.5 Å². The van der Waals surface area contributed by atoms with Crippen LogP contribution in [0.2, 0.25) is 0 Å². The summed E-state index contributed by atoms with van der Waals surface area (Å²) < 4.78 is 103. The summed E-state index contributed by atoms with van der Waals surface area (Å²) in [7, 11) is 0. The Labute approximate surface area is 193 Å².